The third kappa shape index (κ3) is 7.11. The van der Waals surface area contributed by atoms with Gasteiger partial charge in [0.2, 0.25) is 11.9 Å². The molecule has 10 heteroatoms. The van der Waals surface area contributed by atoms with Gasteiger partial charge in [0.05, 0.1) is 26.5 Å². The van der Waals surface area contributed by atoms with Crippen molar-refractivity contribution >= 4 is 34.9 Å². The van der Waals surface area contributed by atoms with Crippen LogP contribution in [0.2, 0.25) is 0 Å². The molecule has 1 aromatic heterocycles. The van der Waals surface area contributed by atoms with E-state index >= 15 is 0 Å². The van der Waals surface area contributed by atoms with Crippen molar-refractivity contribution in [3.8, 4) is 11.5 Å². The van der Waals surface area contributed by atoms with E-state index in [9.17, 15) is 4.39 Å². The first-order valence-electron chi connectivity index (χ1n) is 10.0. The van der Waals surface area contributed by atoms with Gasteiger partial charge in [0, 0.05) is 17.5 Å². The molecule has 0 unspecified atom stereocenters. The van der Waals surface area contributed by atoms with Gasteiger partial charge in [0.25, 0.3) is 0 Å². The van der Waals surface area contributed by atoms with Crippen LogP contribution in [0.1, 0.15) is 17.0 Å². The summed E-state index contributed by atoms with van der Waals surface area (Å²) >= 11 is 5.49. The smallest absolute Gasteiger partial charge is 0.229 e. The topological polar surface area (TPSA) is 92.7 Å². The number of guanidine groups is 1. The summed E-state index contributed by atoms with van der Waals surface area (Å²) in [5, 5.41) is 9.45. The number of hydrogen-bond donors (Lipinski definition) is 3. The highest BCUT2D eigenvalue weighted by atomic mass is 32.1. The van der Waals surface area contributed by atoms with Crippen molar-refractivity contribution in [2.45, 2.75) is 20.4 Å². The molecule has 0 saturated heterocycles. The van der Waals surface area contributed by atoms with E-state index in [-0.39, 0.29) is 17.5 Å². The van der Waals surface area contributed by atoms with Crippen LogP contribution in [0.15, 0.2) is 53.5 Å². The number of thiocarbonyl (C=S) groups is 1. The highest BCUT2D eigenvalue weighted by molar-refractivity contribution is 7.80. The molecule has 3 N–H and O–H groups in total. The molecule has 0 amide bonds. The molecule has 1 heterocycles. The third-order valence-electron chi connectivity index (χ3n) is 4.43. The standard InChI is InChI=1S/C23H25FN6O2S/c1-14-11-15(2)27-22(26-14)29-21(25-13-16-5-7-17(24)8-6-16)30-23(33)28-19-12-18(31-3)9-10-20(19)32-4/h5-12H,13H2,1-4H3,(H3,25,26,27,28,29,30,33). The fraction of sp³-hybridized carbons (Fsp3) is 0.217. The lowest BCUT2D eigenvalue weighted by Gasteiger charge is -2.16. The highest BCUT2D eigenvalue weighted by Crippen LogP contribution is 2.28. The molecule has 0 bridgehead atoms. The summed E-state index contributed by atoms with van der Waals surface area (Å²) < 4.78 is 23.9. The molecule has 0 radical (unpaired) electrons. The number of aromatic nitrogens is 2. The van der Waals surface area contributed by atoms with E-state index in [0.717, 1.165) is 17.0 Å². The minimum atomic E-state index is -0.305. The maximum Gasteiger partial charge on any atom is 0.229 e. The summed E-state index contributed by atoms with van der Waals surface area (Å²) in [4.78, 5) is 13.3. The second-order valence-corrected chi connectivity index (χ2v) is 7.44. The van der Waals surface area contributed by atoms with Gasteiger partial charge in [-0.1, -0.05) is 12.1 Å². The number of ether oxygens (including phenoxy) is 2. The average Bonchev–Trinajstić information content (AvgIpc) is 2.77. The van der Waals surface area contributed by atoms with E-state index < -0.39 is 0 Å². The Balaban J connectivity index is 1.81. The minimum absolute atomic E-state index is 0.260. The Morgan fingerprint density at radius 3 is 2.30 bits per heavy atom. The van der Waals surface area contributed by atoms with Crippen LogP contribution in [0.4, 0.5) is 16.0 Å². The third-order valence-corrected chi connectivity index (χ3v) is 4.64. The van der Waals surface area contributed by atoms with Gasteiger partial charge in [-0.2, -0.15) is 0 Å². The van der Waals surface area contributed by atoms with Gasteiger partial charge in [-0.05, 0) is 62.0 Å². The molecule has 0 aliphatic carbocycles. The number of rotatable bonds is 6. The number of aryl methyl sites for hydroxylation is 2. The SMILES string of the molecule is COc1ccc(OC)c(NC(=S)NC(=NCc2ccc(F)cc2)Nc2nc(C)cc(C)n2)c1. The highest BCUT2D eigenvalue weighted by Gasteiger charge is 2.10. The average molecular weight is 469 g/mol. The van der Waals surface area contributed by atoms with Crippen molar-refractivity contribution in [1.82, 2.24) is 15.3 Å². The molecule has 33 heavy (non-hydrogen) atoms. The Morgan fingerprint density at radius 1 is 0.970 bits per heavy atom. The van der Waals surface area contributed by atoms with Crippen LogP contribution >= 0.6 is 12.2 Å². The predicted molar refractivity (Wildman–Crippen MR) is 132 cm³/mol. The zero-order valence-corrected chi connectivity index (χ0v) is 19.6. The number of benzene rings is 2. The van der Waals surface area contributed by atoms with E-state index in [1.54, 1.807) is 44.6 Å². The first kappa shape index (κ1) is 23.9. The molecule has 0 aliphatic rings. The van der Waals surface area contributed by atoms with Gasteiger partial charge >= 0.3 is 0 Å². The number of nitrogens with zero attached hydrogens (tertiary/aromatic N) is 3. The fourth-order valence-corrected chi connectivity index (χ4v) is 3.14. The Kier molecular flexibility index (Phi) is 8.09. The number of anilines is 2. The van der Waals surface area contributed by atoms with Crippen LogP contribution < -0.4 is 25.4 Å². The van der Waals surface area contributed by atoms with Crippen molar-refractivity contribution in [2.75, 3.05) is 24.9 Å². The quantitative estimate of drug-likeness (QED) is 0.282. The van der Waals surface area contributed by atoms with E-state index in [0.29, 0.717) is 29.1 Å². The summed E-state index contributed by atoms with van der Waals surface area (Å²) in [5.74, 6) is 1.63. The molecule has 172 valence electrons. The molecule has 0 atom stereocenters. The lowest BCUT2D eigenvalue weighted by atomic mass is 10.2. The molecule has 8 nitrogen and oxygen atoms in total. The van der Waals surface area contributed by atoms with E-state index in [1.165, 1.54) is 12.1 Å². The Hall–Kier alpha value is -3.79. The summed E-state index contributed by atoms with van der Waals surface area (Å²) in [6.07, 6.45) is 0. The molecular formula is C23H25FN6O2S. The summed E-state index contributed by atoms with van der Waals surface area (Å²) in [6, 6.07) is 13.3. The second-order valence-electron chi connectivity index (χ2n) is 7.04. The summed E-state index contributed by atoms with van der Waals surface area (Å²) in [5.41, 5.74) is 3.07. The van der Waals surface area contributed by atoms with Crippen molar-refractivity contribution in [2.24, 2.45) is 4.99 Å². The maximum absolute atomic E-state index is 13.2. The molecule has 0 fully saturated rings. The summed E-state index contributed by atoms with van der Waals surface area (Å²) in [7, 11) is 3.15. The number of nitrogens with one attached hydrogen (secondary N) is 3. The number of aliphatic imine (C=N–C) groups is 1. The molecule has 3 rings (SSSR count). The molecule has 2 aromatic carbocycles. The summed E-state index contributed by atoms with van der Waals surface area (Å²) in [6.45, 7) is 4.04. The van der Waals surface area contributed by atoms with Crippen LogP contribution in [0.3, 0.4) is 0 Å². The van der Waals surface area contributed by atoms with Crippen LogP contribution in [-0.4, -0.2) is 35.3 Å². The maximum atomic E-state index is 13.2. The van der Waals surface area contributed by atoms with E-state index in [1.807, 2.05) is 19.9 Å². The largest absolute Gasteiger partial charge is 0.497 e. The fourth-order valence-electron chi connectivity index (χ4n) is 2.93. The zero-order chi connectivity index (χ0) is 23.8. The first-order chi connectivity index (χ1) is 15.9. The van der Waals surface area contributed by atoms with Crippen LogP contribution in [-0.2, 0) is 6.54 Å². The van der Waals surface area contributed by atoms with E-state index in [2.05, 4.69) is 30.9 Å². The first-order valence-corrected chi connectivity index (χ1v) is 10.5. The predicted octanol–water partition coefficient (Wildman–Crippen LogP) is 4.20. The lowest BCUT2D eigenvalue weighted by molar-refractivity contribution is 0.405. The Labute approximate surface area is 197 Å². The normalized spacial score (nSPS) is 11.0. The number of methoxy groups -OCH3 is 2. The van der Waals surface area contributed by atoms with Crippen molar-refractivity contribution in [3.05, 3.63) is 71.3 Å². The molecule has 0 aliphatic heterocycles. The van der Waals surface area contributed by atoms with Crippen molar-refractivity contribution in [1.29, 1.82) is 0 Å². The zero-order valence-electron chi connectivity index (χ0n) is 18.8. The van der Waals surface area contributed by atoms with Gasteiger partial charge in [-0.15, -0.1) is 0 Å². The van der Waals surface area contributed by atoms with Crippen molar-refractivity contribution < 1.29 is 13.9 Å². The van der Waals surface area contributed by atoms with Crippen molar-refractivity contribution in [3.63, 3.8) is 0 Å². The molecule has 3 aromatic rings. The van der Waals surface area contributed by atoms with E-state index in [4.69, 9.17) is 21.7 Å². The van der Waals surface area contributed by atoms with Crippen LogP contribution in [0.5, 0.6) is 11.5 Å². The van der Waals surface area contributed by atoms with Gasteiger partial charge in [-0.25, -0.2) is 19.4 Å². The van der Waals surface area contributed by atoms with Crippen LogP contribution in [0, 0.1) is 19.7 Å². The Morgan fingerprint density at radius 2 is 1.67 bits per heavy atom. The second kappa shape index (κ2) is 11.2. The monoisotopic (exact) mass is 468 g/mol. The lowest BCUT2D eigenvalue weighted by Crippen LogP contribution is -2.39. The Bertz CT molecular complexity index is 1130. The minimum Gasteiger partial charge on any atom is -0.497 e. The van der Waals surface area contributed by atoms with Crippen LogP contribution in [0.25, 0.3) is 0 Å². The number of hydrogen-bond acceptors (Lipinski definition) is 6. The van der Waals surface area contributed by atoms with Gasteiger partial charge < -0.3 is 20.1 Å². The molecule has 0 saturated carbocycles. The molecular weight excluding hydrogens is 443 g/mol. The van der Waals surface area contributed by atoms with Gasteiger partial charge in [0.15, 0.2) is 5.11 Å². The number of halogens is 1. The van der Waals surface area contributed by atoms with Gasteiger partial charge in [-0.3, -0.25) is 5.32 Å². The molecule has 0 spiro atoms. The van der Waals surface area contributed by atoms with Gasteiger partial charge in [0.1, 0.15) is 17.3 Å².